The zero-order valence-corrected chi connectivity index (χ0v) is 11.2. The Morgan fingerprint density at radius 1 is 1.18 bits per heavy atom. The number of aliphatic carboxylic acids is 1. The van der Waals surface area contributed by atoms with Crippen LogP contribution in [0, 0.1) is 5.92 Å². The van der Waals surface area contributed by atoms with E-state index in [1.165, 1.54) is 0 Å². The van der Waals surface area contributed by atoms with Gasteiger partial charge in [0.1, 0.15) is 0 Å². The van der Waals surface area contributed by atoms with Gasteiger partial charge in [-0.3, -0.25) is 14.5 Å². The van der Waals surface area contributed by atoms with E-state index in [9.17, 15) is 9.59 Å². The van der Waals surface area contributed by atoms with Crippen LogP contribution in [0.25, 0.3) is 0 Å². The summed E-state index contributed by atoms with van der Waals surface area (Å²) in [5.41, 5.74) is 0. The molecule has 0 spiro atoms. The number of carbonyl (C=O) groups is 2. The van der Waals surface area contributed by atoms with Crippen LogP contribution >= 0.6 is 0 Å². The van der Waals surface area contributed by atoms with E-state index in [0.29, 0.717) is 12.5 Å². The van der Waals surface area contributed by atoms with Crippen molar-refractivity contribution in [3.8, 4) is 0 Å². The smallest absolute Gasteiger partial charge is 0.317 e. The summed E-state index contributed by atoms with van der Waals surface area (Å²) in [6.07, 6.45) is 0.937. The average Bonchev–Trinajstić information content (AvgIpc) is 2.15. The van der Waals surface area contributed by atoms with Crippen LogP contribution < -0.4 is 5.32 Å². The van der Waals surface area contributed by atoms with Crippen molar-refractivity contribution in [1.82, 2.24) is 10.2 Å². The predicted molar refractivity (Wildman–Crippen MR) is 66.8 cm³/mol. The Morgan fingerprint density at radius 3 is 2.18 bits per heavy atom. The molecule has 0 fully saturated rings. The lowest BCUT2D eigenvalue weighted by molar-refractivity contribution is -0.139. The van der Waals surface area contributed by atoms with E-state index in [1.54, 1.807) is 4.90 Å². The predicted octanol–water partition coefficient (Wildman–Crippen LogP) is 0.944. The summed E-state index contributed by atoms with van der Waals surface area (Å²) in [7, 11) is 0. The van der Waals surface area contributed by atoms with Gasteiger partial charge in [0, 0.05) is 12.6 Å². The van der Waals surface area contributed by atoms with Crippen molar-refractivity contribution in [2.45, 2.75) is 40.2 Å². The van der Waals surface area contributed by atoms with Gasteiger partial charge in [-0.1, -0.05) is 13.8 Å². The second-order valence-electron chi connectivity index (χ2n) is 4.92. The molecule has 0 saturated carbocycles. The van der Waals surface area contributed by atoms with E-state index in [1.807, 2.05) is 13.8 Å². The van der Waals surface area contributed by atoms with Gasteiger partial charge in [0.15, 0.2) is 0 Å². The summed E-state index contributed by atoms with van der Waals surface area (Å²) < 4.78 is 0. The van der Waals surface area contributed by atoms with Crippen LogP contribution in [-0.2, 0) is 9.59 Å². The zero-order valence-electron chi connectivity index (χ0n) is 11.2. The summed E-state index contributed by atoms with van der Waals surface area (Å²) in [6.45, 7) is 8.63. The molecule has 0 aromatic carbocycles. The van der Waals surface area contributed by atoms with E-state index < -0.39 is 5.97 Å². The number of carboxylic acid groups (broad SMARTS) is 1. The molecule has 1 amide bonds. The standard InChI is InChI=1S/C12H24N2O3/c1-9(2)5-6-13-11(15)7-14(10(3)4)8-12(16)17/h9-10H,5-8H2,1-4H3,(H,13,15)(H,16,17). The highest BCUT2D eigenvalue weighted by atomic mass is 16.4. The maximum Gasteiger partial charge on any atom is 0.317 e. The van der Waals surface area contributed by atoms with E-state index in [0.717, 1.165) is 6.42 Å². The van der Waals surface area contributed by atoms with E-state index in [-0.39, 0.29) is 25.0 Å². The quantitative estimate of drug-likeness (QED) is 0.667. The Bertz CT molecular complexity index is 252. The van der Waals surface area contributed by atoms with Gasteiger partial charge < -0.3 is 10.4 Å². The fraction of sp³-hybridized carbons (Fsp3) is 0.833. The fourth-order valence-corrected chi connectivity index (χ4v) is 1.34. The Morgan fingerprint density at radius 2 is 1.76 bits per heavy atom. The monoisotopic (exact) mass is 244 g/mol. The highest BCUT2D eigenvalue weighted by molar-refractivity contribution is 5.79. The third kappa shape index (κ3) is 8.68. The average molecular weight is 244 g/mol. The van der Waals surface area contributed by atoms with Crippen molar-refractivity contribution in [2.24, 2.45) is 5.92 Å². The van der Waals surface area contributed by atoms with Crippen molar-refractivity contribution in [3.63, 3.8) is 0 Å². The van der Waals surface area contributed by atoms with Crippen LogP contribution in [0.4, 0.5) is 0 Å². The molecule has 5 nitrogen and oxygen atoms in total. The number of carboxylic acids is 1. The lowest BCUT2D eigenvalue weighted by atomic mass is 10.1. The lowest BCUT2D eigenvalue weighted by Gasteiger charge is -2.23. The molecule has 100 valence electrons. The number of hydrogen-bond acceptors (Lipinski definition) is 3. The summed E-state index contributed by atoms with van der Waals surface area (Å²) in [6, 6.07) is 0.0435. The van der Waals surface area contributed by atoms with Gasteiger partial charge in [0.2, 0.25) is 5.91 Å². The molecule has 0 heterocycles. The molecule has 0 saturated heterocycles. The van der Waals surface area contributed by atoms with Crippen LogP contribution in [-0.4, -0.2) is 47.6 Å². The van der Waals surface area contributed by atoms with E-state index in [2.05, 4.69) is 19.2 Å². The van der Waals surface area contributed by atoms with Crippen LogP contribution in [0.1, 0.15) is 34.1 Å². The topological polar surface area (TPSA) is 69.6 Å². The molecule has 0 aromatic heterocycles. The van der Waals surface area contributed by atoms with E-state index in [4.69, 9.17) is 5.11 Å². The summed E-state index contributed by atoms with van der Waals surface area (Å²) in [4.78, 5) is 23.8. The van der Waals surface area contributed by atoms with Crippen molar-refractivity contribution in [3.05, 3.63) is 0 Å². The number of amides is 1. The van der Waals surface area contributed by atoms with Crippen LogP contribution in [0.3, 0.4) is 0 Å². The van der Waals surface area contributed by atoms with Gasteiger partial charge in [-0.2, -0.15) is 0 Å². The Balaban J connectivity index is 4.00. The Labute approximate surface area is 103 Å². The SMILES string of the molecule is CC(C)CCNC(=O)CN(CC(=O)O)C(C)C. The molecule has 0 aliphatic heterocycles. The maximum atomic E-state index is 11.6. The number of nitrogens with zero attached hydrogens (tertiary/aromatic N) is 1. The lowest BCUT2D eigenvalue weighted by Crippen LogP contribution is -2.43. The minimum absolute atomic E-state index is 0.0435. The molecule has 0 unspecified atom stereocenters. The van der Waals surface area contributed by atoms with Crippen LogP contribution in [0.15, 0.2) is 0 Å². The Kier molecular flexibility index (Phi) is 7.54. The normalized spacial score (nSPS) is 11.2. The largest absolute Gasteiger partial charge is 0.480 e. The van der Waals surface area contributed by atoms with Crippen LogP contribution in [0.2, 0.25) is 0 Å². The first-order valence-corrected chi connectivity index (χ1v) is 6.05. The molecule has 0 radical (unpaired) electrons. The molecule has 0 atom stereocenters. The summed E-state index contributed by atoms with van der Waals surface area (Å²) >= 11 is 0. The van der Waals surface area contributed by atoms with Crippen molar-refractivity contribution in [1.29, 1.82) is 0 Å². The fourth-order valence-electron chi connectivity index (χ4n) is 1.34. The van der Waals surface area contributed by atoms with Crippen molar-refractivity contribution in [2.75, 3.05) is 19.6 Å². The van der Waals surface area contributed by atoms with Gasteiger partial charge in [0.25, 0.3) is 0 Å². The van der Waals surface area contributed by atoms with E-state index >= 15 is 0 Å². The molecule has 0 rings (SSSR count). The van der Waals surface area contributed by atoms with Crippen molar-refractivity contribution >= 4 is 11.9 Å². The van der Waals surface area contributed by atoms with Gasteiger partial charge in [-0.15, -0.1) is 0 Å². The van der Waals surface area contributed by atoms with Gasteiger partial charge >= 0.3 is 5.97 Å². The Hall–Kier alpha value is -1.10. The zero-order chi connectivity index (χ0) is 13.4. The molecule has 0 aliphatic rings. The number of hydrogen-bond donors (Lipinski definition) is 2. The molecular weight excluding hydrogens is 220 g/mol. The van der Waals surface area contributed by atoms with Gasteiger partial charge in [0.05, 0.1) is 13.1 Å². The molecule has 2 N–H and O–H groups in total. The minimum Gasteiger partial charge on any atom is -0.480 e. The second kappa shape index (κ2) is 8.06. The first-order valence-electron chi connectivity index (χ1n) is 6.05. The third-order valence-corrected chi connectivity index (χ3v) is 2.46. The first-order chi connectivity index (χ1) is 7.82. The summed E-state index contributed by atoms with van der Waals surface area (Å²) in [5, 5.41) is 11.5. The molecule has 17 heavy (non-hydrogen) atoms. The second-order valence-corrected chi connectivity index (χ2v) is 4.92. The number of carbonyl (C=O) groups excluding carboxylic acids is 1. The highest BCUT2D eigenvalue weighted by Gasteiger charge is 2.16. The number of nitrogens with one attached hydrogen (secondary N) is 1. The molecule has 0 bridgehead atoms. The van der Waals surface area contributed by atoms with Gasteiger partial charge in [-0.05, 0) is 26.2 Å². The molecule has 5 heteroatoms. The van der Waals surface area contributed by atoms with Gasteiger partial charge in [-0.25, -0.2) is 0 Å². The highest BCUT2D eigenvalue weighted by Crippen LogP contribution is 1.98. The summed E-state index contributed by atoms with van der Waals surface area (Å²) in [5.74, 6) is -0.468. The first kappa shape index (κ1) is 15.9. The number of rotatable bonds is 8. The molecular formula is C12H24N2O3. The minimum atomic E-state index is -0.909. The van der Waals surface area contributed by atoms with Crippen molar-refractivity contribution < 1.29 is 14.7 Å². The third-order valence-electron chi connectivity index (χ3n) is 2.46. The maximum absolute atomic E-state index is 11.6. The molecule has 0 aliphatic carbocycles. The molecule has 0 aromatic rings. The van der Waals surface area contributed by atoms with Crippen LogP contribution in [0.5, 0.6) is 0 Å².